The highest BCUT2D eigenvalue weighted by atomic mass is 35.5. The van der Waals surface area contributed by atoms with E-state index in [-0.39, 0.29) is 17.4 Å². The summed E-state index contributed by atoms with van der Waals surface area (Å²) in [5.41, 5.74) is -2.61. The highest BCUT2D eigenvalue weighted by Crippen LogP contribution is 2.39. The van der Waals surface area contributed by atoms with Gasteiger partial charge in [-0.15, -0.1) is 0 Å². The van der Waals surface area contributed by atoms with Crippen molar-refractivity contribution in [2.75, 3.05) is 0 Å². The zero-order valence-electron chi connectivity index (χ0n) is 14.0. The van der Waals surface area contributed by atoms with Gasteiger partial charge in [0.1, 0.15) is 18.1 Å². The third-order valence-electron chi connectivity index (χ3n) is 3.95. The Kier molecular flexibility index (Phi) is 4.92. The van der Waals surface area contributed by atoms with Gasteiger partial charge in [0, 0.05) is 17.7 Å². The number of aliphatic hydroxyl groups is 1. The number of hydrogen-bond acceptors (Lipinski definition) is 5. The van der Waals surface area contributed by atoms with Gasteiger partial charge in [-0.05, 0) is 42.8 Å². The number of hydrogen-bond donors (Lipinski definition) is 1. The molecule has 1 unspecified atom stereocenters. The highest BCUT2D eigenvalue weighted by molar-refractivity contribution is 6.30. The van der Waals surface area contributed by atoms with E-state index < -0.39 is 30.0 Å². The summed E-state index contributed by atoms with van der Waals surface area (Å²) in [6.07, 6.45) is -5.10. The van der Waals surface area contributed by atoms with Crippen molar-refractivity contribution in [1.82, 2.24) is 5.01 Å². The van der Waals surface area contributed by atoms with Crippen molar-refractivity contribution in [2.24, 2.45) is 5.10 Å². The standard InChI is InChI=1S/C17H14ClF3N2O4/c1-10-8-11(18)2-4-13(10)26-9-12-3-5-14(27-12)15(24)23-16(25,6-7-22-23)17(19,20)21/h2-5,7-8,25H,6,9H2,1H3. The number of aryl methyl sites for hydroxylation is 1. The van der Waals surface area contributed by atoms with Crippen LogP contribution in [-0.4, -0.2) is 34.1 Å². The van der Waals surface area contributed by atoms with Gasteiger partial charge in [-0.1, -0.05) is 11.6 Å². The minimum absolute atomic E-state index is 0.0280. The third-order valence-corrected chi connectivity index (χ3v) is 4.18. The fraction of sp³-hybridized carbons (Fsp3) is 0.294. The Labute approximate surface area is 156 Å². The molecule has 1 amide bonds. The number of ether oxygens (including phenoxy) is 1. The van der Waals surface area contributed by atoms with Crippen LogP contribution in [0.4, 0.5) is 13.2 Å². The number of halogens is 4. The van der Waals surface area contributed by atoms with Crippen LogP contribution < -0.4 is 4.74 Å². The lowest BCUT2D eigenvalue weighted by Gasteiger charge is -2.31. The van der Waals surface area contributed by atoms with E-state index in [4.69, 9.17) is 20.8 Å². The van der Waals surface area contributed by atoms with Crippen LogP contribution >= 0.6 is 11.6 Å². The van der Waals surface area contributed by atoms with Gasteiger partial charge in [-0.2, -0.15) is 23.3 Å². The van der Waals surface area contributed by atoms with Crippen LogP contribution in [-0.2, 0) is 6.61 Å². The van der Waals surface area contributed by atoms with Crippen molar-refractivity contribution in [1.29, 1.82) is 0 Å². The minimum Gasteiger partial charge on any atom is -0.485 e. The fourth-order valence-electron chi connectivity index (χ4n) is 2.49. The van der Waals surface area contributed by atoms with E-state index in [1.165, 1.54) is 12.1 Å². The number of nitrogens with zero attached hydrogens (tertiary/aromatic N) is 2. The summed E-state index contributed by atoms with van der Waals surface area (Å²) in [4.78, 5) is 12.3. The number of amides is 1. The molecule has 1 aliphatic heterocycles. The summed E-state index contributed by atoms with van der Waals surface area (Å²) >= 11 is 5.86. The molecule has 2 aromatic rings. The summed E-state index contributed by atoms with van der Waals surface area (Å²) < 4.78 is 50.0. The van der Waals surface area contributed by atoms with Crippen LogP contribution in [0.3, 0.4) is 0 Å². The zero-order valence-corrected chi connectivity index (χ0v) is 14.7. The van der Waals surface area contributed by atoms with Gasteiger partial charge < -0.3 is 14.3 Å². The first-order valence-electron chi connectivity index (χ1n) is 7.75. The SMILES string of the molecule is Cc1cc(Cl)ccc1OCc1ccc(C(=O)N2N=CCC2(O)C(F)(F)F)o1. The van der Waals surface area contributed by atoms with Crippen molar-refractivity contribution in [2.45, 2.75) is 31.9 Å². The van der Waals surface area contributed by atoms with E-state index in [1.54, 1.807) is 25.1 Å². The quantitative estimate of drug-likeness (QED) is 0.841. The molecule has 6 nitrogen and oxygen atoms in total. The van der Waals surface area contributed by atoms with E-state index in [9.17, 15) is 23.1 Å². The third kappa shape index (κ3) is 3.65. The maximum absolute atomic E-state index is 13.1. The van der Waals surface area contributed by atoms with Gasteiger partial charge in [-0.25, -0.2) is 0 Å². The predicted octanol–water partition coefficient (Wildman–Crippen LogP) is 3.90. The number of furan rings is 1. The summed E-state index contributed by atoms with van der Waals surface area (Å²) in [6, 6.07) is 7.60. The van der Waals surface area contributed by atoms with Crippen molar-refractivity contribution < 1.29 is 32.2 Å². The van der Waals surface area contributed by atoms with Crippen molar-refractivity contribution in [3.63, 3.8) is 0 Å². The molecule has 1 atom stereocenters. The largest absolute Gasteiger partial charge is 0.485 e. The molecule has 1 aliphatic rings. The van der Waals surface area contributed by atoms with Crippen molar-refractivity contribution in [3.8, 4) is 5.75 Å². The Morgan fingerprint density at radius 1 is 1.41 bits per heavy atom. The predicted molar refractivity (Wildman–Crippen MR) is 89.5 cm³/mol. The first-order chi connectivity index (χ1) is 12.6. The smallest absolute Gasteiger partial charge is 0.438 e. The van der Waals surface area contributed by atoms with E-state index in [0.29, 0.717) is 10.8 Å². The van der Waals surface area contributed by atoms with Crippen LogP contribution in [0.1, 0.15) is 28.3 Å². The molecule has 3 rings (SSSR count). The lowest BCUT2D eigenvalue weighted by atomic mass is 10.1. The van der Waals surface area contributed by atoms with Crippen LogP contribution in [0.2, 0.25) is 5.02 Å². The average Bonchev–Trinajstić information content (AvgIpc) is 3.20. The second-order valence-electron chi connectivity index (χ2n) is 5.90. The molecule has 27 heavy (non-hydrogen) atoms. The monoisotopic (exact) mass is 402 g/mol. The molecule has 1 aromatic carbocycles. The molecule has 144 valence electrons. The van der Waals surface area contributed by atoms with E-state index in [0.717, 1.165) is 11.8 Å². The van der Waals surface area contributed by atoms with Gasteiger partial charge >= 0.3 is 12.1 Å². The lowest BCUT2D eigenvalue weighted by Crippen LogP contribution is -2.56. The lowest BCUT2D eigenvalue weighted by molar-refractivity contribution is -0.297. The number of alkyl halides is 3. The number of hydrazone groups is 1. The molecule has 0 radical (unpaired) electrons. The van der Waals surface area contributed by atoms with Crippen LogP contribution in [0.15, 0.2) is 39.9 Å². The molecule has 10 heteroatoms. The van der Waals surface area contributed by atoms with Crippen LogP contribution in [0.25, 0.3) is 0 Å². The summed E-state index contributed by atoms with van der Waals surface area (Å²) in [6.45, 7) is 1.74. The van der Waals surface area contributed by atoms with Crippen LogP contribution in [0.5, 0.6) is 5.75 Å². The molecule has 0 saturated carbocycles. The fourth-order valence-corrected chi connectivity index (χ4v) is 2.71. The van der Waals surface area contributed by atoms with Gasteiger partial charge in [0.25, 0.3) is 5.72 Å². The van der Waals surface area contributed by atoms with E-state index in [1.807, 2.05) is 0 Å². The van der Waals surface area contributed by atoms with Crippen molar-refractivity contribution >= 4 is 23.7 Å². The maximum Gasteiger partial charge on any atom is 0.438 e. The van der Waals surface area contributed by atoms with Gasteiger partial charge in [-0.3, -0.25) is 4.79 Å². The molecular formula is C17H14ClF3N2O4. The van der Waals surface area contributed by atoms with Crippen molar-refractivity contribution in [3.05, 3.63) is 52.4 Å². The number of benzene rings is 1. The molecule has 0 spiro atoms. The molecule has 0 fully saturated rings. The summed E-state index contributed by atoms with van der Waals surface area (Å²) in [5, 5.41) is 13.7. The normalized spacial score (nSPS) is 19.6. The second-order valence-corrected chi connectivity index (χ2v) is 6.33. The van der Waals surface area contributed by atoms with Gasteiger partial charge in [0.2, 0.25) is 0 Å². The number of rotatable bonds is 4. The summed E-state index contributed by atoms with van der Waals surface area (Å²) in [7, 11) is 0. The van der Waals surface area contributed by atoms with Crippen LogP contribution in [0, 0.1) is 6.92 Å². The Morgan fingerprint density at radius 2 is 2.15 bits per heavy atom. The van der Waals surface area contributed by atoms with Gasteiger partial charge in [0.05, 0.1) is 0 Å². The summed E-state index contributed by atoms with van der Waals surface area (Å²) in [5.74, 6) is -0.855. The molecular weight excluding hydrogens is 389 g/mol. The van der Waals surface area contributed by atoms with Gasteiger partial charge in [0.15, 0.2) is 5.76 Å². The Bertz CT molecular complexity index is 897. The second kappa shape index (κ2) is 6.90. The van der Waals surface area contributed by atoms with E-state index in [2.05, 4.69) is 5.10 Å². The Balaban J connectivity index is 1.72. The first-order valence-corrected chi connectivity index (χ1v) is 8.13. The molecule has 1 N–H and O–H groups in total. The first kappa shape index (κ1) is 19.2. The molecule has 2 heterocycles. The molecule has 0 aliphatic carbocycles. The molecule has 0 bridgehead atoms. The minimum atomic E-state index is -5.07. The average molecular weight is 403 g/mol. The highest BCUT2D eigenvalue weighted by Gasteiger charge is 2.61. The Hall–Kier alpha value is -2.52. The topological polar surface area (TPSA) is 75.3 Å². The molecule has 1 aromatic heterocycles. The zero-order chi connectivity index (χ0) is 19.8. The van der Waals surface area contributed by atoms with E-state index >= 15 is 0 Å². The number of carbonyl (C=O) groups is 1. The maximum atomic E-state index is 13.1. The number of carbonyl (C=O) groups excluding carboxylic acids is 1. The Morgan fingerprint density at radius 3 is 2.81 bits per heavy atom. The molecule has 0 saturated heterocycles.